The fourth-order valence-electron chi connectivity index (χ4n) is 2.49. The largest absolute Gasteiger partial charge is 0.327 e. The van der Waals surface area contributed by atoms with Gasteiger partial charge in [0.15, 0.2) is 0 Å². The third-order valence-electron chi connectivity index (χ3n) is 3.67. The molecule has 2 aliphatic carbocycles. The molecule has 2 rings (SSSR count). The molecule has 2 unspecified atom stereocenters. The smallest absolute Gasteiger partial charge is 0.137 e. The van der Waals surface area contributed by atoms with E-state index in [1.807, 2.05) is 0 Å². The average molecular weight is 195 g/mol. The Bertz CT molecular complexity index is 210. The summed E-state index contributed by atoms with van der Waals surface area (Å²) < 4.78 is 0. The summed E-state index contributed by atoms with van der Waals surface area (Å²) in [6.07, 6.45) is 9.15. The molecule has 0 amide bonds. The zero-order valence-electron chi connectivity index (χ0n) is 8.87. The van der Waals surface area contributed by atoms with Gasteiger partial charge in [0.25, 0.3) is 0 Å². The standard InChI is InChI=1S/C12H21NO/c13-11-5-3-1-2-4-10(11)12(14)8-9-6-7-9/h9-11H,1-8,13H2. The van der Waals surface area contributed by atoms with E-state index in [4.69, 9.17) is 5.73 Å². The van der Waals surface area contributed by atoms with Crippen LogP contribution in [0.1, 0.15) is 51.4 Å². The van der Waals surface area contributed by atoms with Crippen molar-refractivity contribution < 1.29 is 4.79 Å². The third kappa shape index (κ3) is 2.57. The highest BCUT2D eigenvalue weighted by molar-refractivity contribution is 5.82. The molecule has 2 N–H and O–H groups in total. The lowest BCUT2D eigenvalue weighted by molar-refractivity contribution is -0.124. The van der Waals surface area contributed by atoms with E-state index in [9.17, 15) is 4.79 Å². The van der Waals surface area contributed by atoms with Crippen molar-refractivity contribution in [3.63, 3.8) is 0 Å². The van der Waals surface area contributed by atoms with E-state index < -0.39 is 0 Å². The molecule has 2 heteroatoms. The van der Waals surface area contributed by atoms with Gasteiger partial charge in [0.1, 0.15) is 5.78 Å². The van der Waals surface area contributed by atoms with Gasteiger partial charge in [-0.1, -0.05) is 19.3 Å². The maximum absolute atomic E-state index is 11.9. The summed E-state index contributed by atoms with van der Waals surface area (Å²) in [6.45, 7) is 0. The first-order valence-corrected chi connectivity index (χ1v) is 6.05. The van der Waals surface area contributed by atoms with Gasteiger partial charge in [0, 0.05) is 18.4 Å². The Labute approximate surface area is 86.2 Å². The van der Waals surface area contributed by atoms with Crippen LogP contribution < -0.4 is 5.73 Å². The normalized spacial score (nSPS) is 33.8. The van der Waals surface area contributed by atoms with Crippen LogP contribution in [-0.2, 0) is 4.79 Å². The van der Waals surface area contributed by atoms with Crippen molar-refractivity contribution >= 4 is 5.78 Å². The van der Waals surface area contributed by atoms with Crippen LogP contribution in [0.2, 0.25) is 0 Å². The van der Waals surface area contributed by atoms with Crippen molar-refractivity contribution in [3.8, 4) is 0 Å². The van der Waals surface area contributed by atoms with Crippen molar-refractivity contribution in [1.29, 1.82) is 0 Å². The summed E-state index contributed by atoms with van der Waals surface area (Å²) in [4.78, 5) is 11.9. The highest BCUT2D eigenvalue weighted by Crippen LogP contribution is 2.35. The van der Waals surface area contributed by atoms with Gasteiger partial charge < -0.3 is 5.73 Å². The molecule has 80 valence electrons. The summed E-state index contributed by atoms with van der Waals surface area (Å²) in [5.41, 5.74) is 6.06. The van der Waals surface area contributed by atoms with Crippen LogP contribution in [0.15, 0.2) is 0 Å². The number of rotatable bonds is 3. The predicted octanol–water partition coefficient (Wildman–Crippen LogP) is 2.26. The quantitative estimate of drug-likeness (QED) is 0.702. The van der Waals surface area contributed by atoms with Crippen LogP contribution in [0, 0.1) is 11.8 Å². The molecule has 0 spiro atoms. The first-order chi connectivity index (χ1) is 6.77. The minimum absolute atomic E-state index is 0.156. The highest BCUT2D eigenvalue weighted by atomic mass is 16.1. The van der Waals surface area contributed by atoms with E-state index in [0.29, 0.717) is 5.78 Å². The van der Waals surface area contributed by atoms with Gasteiger partial charge in [-0.25, -0.2) is 0 Å². The SMILES string of the molecule is NC1CCCCCC1C(=O)CC1CC1. The number of carbonyl (C=O) groups excluding carboxylic acids is 1. The first-order valence-electron chi connectivity index (χ1n) is 6.05. The molecule has 0 aromatic rings. The van der Waals surface area contributed by atoms with Crippen molar-refractivity contribution in [2.45, 2.75) is 57.4 Å². The second kappa shape index (κ2) is 4.43. The second-order valence-electron chi connectivity index (χ2n) is 5.02. The summed E-state index contributed by atoms with van der Waals surface area (Å²) in [7, 11) is 0. The number of Topliss-reactive ketones (excluding diaryl/α,β-unsaturated/α-hetero) is 1. The Morgan fingerprint density at radius 2 is 1.79 bits per heavy atom. The van der Waals surface area contributed by atoms with Crippen molar-refractivity contribution in [2.75, 3.05) is 0 Å². The fraction of sp³-hybridized carbons (Fsp3) is 0.917. The summed E-state index contributed by atoms with van der Waals surface area (Å²) in [5, 5.41) is 0. The number of hydrogen-bond acceptors (Lipinski definition) is 2. The molecule has 14 heavy (non-hydrogen) atoms. The van der Waals surface area contributed by atoms with Crippen LogP contribution in [0.25, 0.3) is 0 Å². The molecule has 0 aromatic carbocycles. The van der Waals surface area contributed by atoms with Crippen molar-refractivity contribution in [2.24, 2.45) is 17.6 Å². The molecule has 0 bridgehead atoms. The monoisotopic (exact) mass is 195 g/mol. The van der Waals surface area contributed by atoms with Gasteiger partial charge >= 0.3 is 0 Å². The van der Waals surface area contributed by atoms with Gasteiger partial charge in [-0.05, 0) is 31.6 Å². The topological polar surface area (TPSA) is 43.1 Å². The Balaban J connectivity index is 1.87. The van der Waals surface area contributed by atoms with E-state index in [0.717, 1.165) is 25.2 Å². The van der Waals surface area contributed by atoms with E-state index in [2.05, 4.69) is 0 Å². The molecule has 2 aliphatic rings. The maximum Gasteiger partial charge on any atom is 0.137 e. The summed E-state index contributed by atoms with van der Waals surface area (Å²) >= 11 is 0. The lowest BCUT2D eigenvalue weighted by atomic mass is 9.89. The van der Waals surface area contributed by atoms with Gasteiger partial charge in [-0.15, -0.1) is 0 Å². The Hall–Kier alpha value is -0.370. The van der Waals surface area contributed by atoms with Crippen molar-refractivity contribution in [1.82, 2.24) is 0 Å². The van der Waals surface area contributed by atoms with Gasteiger partial charge in [0.2, 0.25) is 0 Å². The van der Waals surface area contributed by atoms with Crippen LogP contribution in [-0.4, -0.2) is 11.8 Å². The molecule has 0 aromatic heterocycles. The fourth-order valence-corrected chi connectivity index (χ4v) is 2.49. The minimum atomic E-state index is 0.156. The first kappa shape index (κ1) is 10.2. The second-order valence-corrected chi connectivity index (χ2v) is 5.02. The van der Waals surface area contributed by atoms with Gasteiger partial charge in [0.05, 0.1) is 0 Å². The van der Waals surface area contributed by atoms with Crippen LogP contribution in [0.3, 0.4) is 0 Å². The molecular formula is C12H21NO. The van der Waals surface area contributed by atoms with Gasteiger partial charge in [-0.2, -0.15) is 0 Å². The molecule has 2 saturated carbocycles. The zero-order valence-corrected chi connectivity index (χ0v) is 8.87. The summed E-state index contributed by atoms with van der Waals surface area (Å²) in [6, 6.07) is 0.156. The maximum atomic E-state index is 11.9. The summed E-state index contributed by atoms with van der Waals surface area (Å²) in [5.74, 6) is 1.37. The molecule has 2 atom stereocenters. The lowest BCUT2D eigenvalue weighted by Gasteiger charge is -2.19. The van der Waals surface area contributed by atoms with E-state index in [-0.39, 0.29) is 12.0 Å². The number of ketones is 1. The van der Waals surface area contributed by atoms with Crippen LogP contribution in [0.4, 0.5) is 0 Å². The van der Waals surface area contributed by atoms with E-state index in [1.165, 1.54) is 32.1 Å². The molecular weight excluding hydrogens is 174 g/mol. The van der Waals surface area contributed by atoms with E-state index in [1.54, 1.807) is 0 Å². The molecule has 0 saturated heterocycles. The molecule has 0 radical (unpaired) electrons. The number of carbonyl (C=O) groups is 1. The zero-order chi connectivity index (χ0) is 9.97. The Morgan fingerprint density at radius 1 is 1.07 bits per heavy atom. The Kier molecular flexibility index (Phi) is 3.22. The highest BCUT2D eigenvalue weighted by Gasteiger charge is 2.31. The van der Waals surface area contributed by atoms with Crippen LogP contribution in [0.5, 0.6) is 0 Å². The predicted molar refractivity (Wildman–Crippen MR) is 56.9 cm³/mol. The third-order valence-corrected chi connectivity index (χ3v) is 3.67. The number of nitrogens with two attached hydrogens (primary N) is 1. The molecule has 2 nitrogen and oxygen atoms in total. The van der Waals surface area contributed by atoms with Crippen LogP contribution >= 0.6 is 0 Å². The molecule has 0 aliphatic heterocycles. The molecule has 0 heterocycles. The molecule has 2 fully saturated rings. The van der Waals surface area contributed by atoms with E-state index >= 15 is 0 Å². The lowest BCUT2D eigenvalue weighted by Crippen LogP contribution is -2.34. The average Bonchev–Trinajstić information content (AvgIpc) is 2.93. The Morgan fingerprint density at radius 3 is 2.50 bits per heavy atom. The van der Waals surface area contributed by atoms with Crippen molar-refractivity contribution in [3.05, 3.63) is 0 Å². The van der Waals surface area contributed by atoms with Gasteiger partial charge in [-0.3, -0.25) is 4.79 Å². The minimum Gasteiger partial charge on any atom is -0.327 e. The number of hydrogen-bond donors (Lipinski definition) is 1.